The van der Waals surface area contributed by atoms with E-state index in [1.54, 1.807) is 6.92 Å². The van der Waals surface area contributed by atoms with E-state index in [2.05, 4.69) is 5.32 Å². The molecule has 0 aliphatic carbocycles. The normalized spacial score (nSPS) is 14.2. The summed E-state index contributed by atoms with van der Waals surface area (Å²) in [6.45, 7) is 5.66. The van der Waals surface area contributed by atoms with E-state index in [4.69, 9.17) is 5.11 Å². The van der Waals surface area contributed by atoms with Crippen molar-refractivity contribution in [3.8, 4) is 0 Å². The number of thiophene rings is 1. The van der Waals surface area contributed by atoms with E-state index in [0.717, 1.165) is 4.88 Å². The summed E-state index contributed by atoms with van der Waals surface area (Å²) in [4.78, 5) is 24.0. The van der Waals surface area contributed by atoms with Gasteiger partial charge in [0.2, 0.25) is 5.91 Å². The standard InChI is InChI=1S/C13H19NO3S/c1-8(2)7-10(13(16)17)14-12(15)9(3)11-5-4-6-18-11/h4-6,8-10H,7H2,1-3H3,(H,14,15)(H,16,17)/t9?,10-/m0/s1. The van der Waals surface area contributed by atoms with Crippen LogP contribution in [0.2, 0.25) is 0 Å². The van der Waals surface area contributed by atoms with Crippen molar-refractivity contribution in [3.05, 3.63) is 22.4 Å². The molecule has 4 nitrogen and oxygen atoms in total. The van der Waals surface area contributed by atoms with Gasteiger partial charge in [-0.2, -0.15) is 0 Å². The molecule has 0 fully saturated rings. The van der Waals surface area contributed by atoms with Crippen LogP contribution in [0.3, 0.4) is 0 Å². The molecule has 0 spiro atoms. The molecule has 100 valence electrons. The topological polar surface area (TPSA) is 66.4 Å². The Morgan fingerprint density at radius 3 is 2.50 bits per heavy atom. The van der Waals surface area contributed by atoms with Crippen LogP contribution in [0.25, 0.3) is 0 Å². The fourth-order valence-electron chi connectivity index (χ4n) is 1.66. The predicted octanol–water partition coefficient (Wildman–Crippen LogP) is 2.47. The van der Waals surface area contributed by atoms with Gasteiger partial charge in [0.15, 0.2) is 0 Å². The molecular weight excluding hydrogens is 250 g/mol. The van der Waals surface area contributed by atoms with Crippen molar-refractivity contribution in [1.82, 2.24) is 5.32 Å². The van der Waals surface area contributed by atoms with Gasteiger partial charge in [0, 0.05) is 4.88 Å². The molecule has 0 saturated heterocycles. The first-order valence-electron chi connectivity index (χ1n) is 5.98. The van der Waals surface area contributed by atoms with Crippen LogP contribution in [-0.2, 0) is 9.59 Å². The Hall–Kier alpha value is -1.36. The number of carbonyl (C=O) groups excluding carboxylic acids is 1. The van der Waals surface area contributed by atoms with Gasteiger partial charge in [-0.25, -0.2) is 4.79 Å². The predicted molar refractivity (Wildman–Crippen MR) is 71.8 cm³/mol. The summed E-state index contributed by atoms with van der Waals surface area (Å²) >= 11 is 1.50. The highest BCUT2D eigenvalue weighted by atomic mass is 32.1. The summed E-state index contributed by atoms with van der Waals surface area (Å²) in [6.07, 6.45) is 0.443. The Labute approximate surface area is 111 Å². The molecule has 5 heteroatoms. The Morgan fingerprint density at radius 2 is 2.06 bits per heavy atom. The van der Waals surface area contributed by atoms with Crippen LogP contribution in [0, 0.1) is 5.92 Å². The smallest absolute Gasteiger partial charge is 0.326 e. The zero-order chi connectivity index (χ0) is 13.7. The summed E-state index contributed by atoms with van der Waals surface area (Å²) < 4.78 is 0. The number of nitrogens with one attached hydrogen (secondary N) is 1. The number of amides is 1. The minimum atomic E-state index is -0.976. The molecule has 1 aromatic heterocycles. The molecule has 0 aliphatic heterocycles. The van der Waals surface area contributed by atoms with Crippen LogP contribution in [0.5, 0.6) is 0 Å². The van der Waals surface area contributed by atoms with Crippen molar-refractivity contribution in [2.24, 2.45) is 5.92 Å². The minimum absolute atomic E-state index is 0.225. The second-order valence-electron chi connectivity index (χ2n) is 4.77. The van der Waals surface area contributed by atoms with Crippen molar-refractivity contribution in [2.45, 2.75) is 39.2 Å². The zero-order valence-corrected chi connectivity index (χ0v) is 11.7. The minimum Gasteiger partial charge on any atom is -0.480 e. The van der Waals surface area contributed by atoms with Crippen molar-refractivity contribution >= 4 is 23.2 Å². The van der Waals surface area contributed by atoms with E-state index < -0.39 is 12.0 Å². The quantitative estimate of drug-likeness (QED) is 0.833. The fourth-order valence-corrected chi connectivity index (χ4v) is 2.44. The molecule has 0 aromatic carbocycles. The van der Waals surface area contributed by atoms with Gasteiger partial charge >= 0.3 is 5.97 Å². The first kappa shape index (κ1) is 14.7. The lowest BCUT2D eigenvalue weighted by atomic mass is 10.0. The lowest BCUT2D eigenvalue weighted by Crippen LogP contribution is -2.43. The third kappa shape index (κ3) is 4.14. The number of hydrogen-bond donors (Lipinski definition) is 2. The molecule has 0 saturated carbocycles. The highest BCUT2D eigenvalue weighted by molar-refractivity contribution is 7.10. The SMILES string of the molecule is CC(C)C[C@H](NC(=O)C(C)c1cccs1)C(=O)O. The number of carboxylic acid groups (broad SMARTS) is 1. The van der Waals surface area contributed by atoms with Gasteiger partial charge in [-0.05, 0) is 30.7 Å². The first-order chi connectivity index (χ1) is 8.41. The number of hydrogen-bond acceptors (Lipinski definition) is 3. The van der Waals surface area contributed by atoms with Crippen LogP contribution in [0.1, 0.15) is 38.0 Å². The average Bonchev–Trinajstić information content (AvgIpc) is 2.79. The second kappa shape index (κ2) is 6.54. The van der Waals surface area contributed by atoms with Crippen LogP contribution in [-0.4, -0.2) is 23.0 Å². The van der Waals surface area contributed by atoms with Gasteiger partial charge < -0.3 is 10.4 Å². The Kier molecular flexibility index (Phi) is 5.34. The molecule has 2 atom stereocenters. The van der Waals surface area contributed by atoms with Gasteiger partial charge in [0.05, 0.1) is 5.92 Å². The molecule has 18 heavy (non-hydrogen) atoms. The maximum Gasteiger partial charge on any atom is 0.326 e. The van der Waals surface area contributed by atoms with E-state index in [-0.39, 0.29) is 17.7 Å². The first-order valence-corrected chi connectivity index (χ1v) is 6.86. The summed E-state index contributed by atoms with van der Waals surface area (Å²) in [5.74, 6) is -1.29. The van der Waals surface area contributed by atoms with Gasteiger partial charge in [-0.1, -0.05) is 19.9 Å². The van der Waals surface area contributed by atoms with Crippen molar-refractivity contribution in [1.29, 1.82) is 0 Å². The van der Waals surface area contributed by atoms with Crippen molar-refractivity contribution in [2.75, 3.05) is 0 Å². The largest absolute Gasteiger partial charge is 0.480 e. The molecule has 0 aliphatic rings. The number of carbonyl (C=O) groups is 2. The van der Waals surface area contributed by atoms with E-state index in [0.29, 0.717) is 6.42 Å². The maximum absolute atomic E-state index is 12.0. The summed E-state index contributed by atoms with van der Waals surface area (Å²) in [6, 6.07) is 2.96. The lowest BCUT2D eigenvalue weighted by Gasteiger charge is -2.18. The summed E-state index contributed by atoms with van der Waals surface area (Å²) in [5, 5.41) is 13.6. The molecule has 1 heterocycles. The van der Waals surface area contributed by atoms with Crippen LogP contribution in [0.4, 0.5) is 0 Å². The molecule has 1 rings (SSSR count). The number of carboxylic acids is 1. The molecule has 0 radical (unpaired) electrons. The van der Waals surface area contributed by atoms with Gasteiger partial charge in [-0.3, -0.25) is 4.79 Å². The maximum atomic E-state index is 12.0. The monoisotopic (exact) mass is 269 g/mol. The lowest BCUT2D eigenvalue weighted by molar-refractivity contribution is -0.142. The van der Waals surface area contributed by atoms with E-state index in [1.807, 2.05) is 31.4 Å². The highest BCUT2D eigenvalue weighted by Crippen LogP contribution is 2.21. The third-order valence-electron chi connectivity index (χ3n) is 2.68. The molecular formula is C13H19NO3S. The van der Waals surface area contributed by atoms with Crippen molar-refractivity contribution in [3.63, 3.8) is 0 Å². The van der Waals surface area contributed by atoms with Gasteiger partial charge in [0.1, 0.15) is 6.04 Å². The molecule has 1 unspecified atom stereocenters. The van der Waals surface area contributed by atoms with Crippen molar-refractivity contribution < 1.29 is 14.7 Å². The molecule has 0 bridgehead atoms. The Morgan fingerprint density at radius 1 is 1.39 bits per heavy atom. The van der Waals surface area contributed by atoms with Gasteiger partial charge in [-0.15, -0.1) is 11.3 Å². The number of aliphatic carboxylic acids is 1. The summed E-state index contributed by atoms with van der Waals surface area (Å²) in [5.41, 5.74) is 0. The molecule has 1 amide bonds. The zero-order valence-electron chi connectivity index (χ0n) is 10.8. The second-order valence-corrected chi connectivity index (χ2v) is 5.75. The highest BCUT2D eigenvalue weighted by Gasteiger charge is 2.24. The van der Waals surface area contributed by atoms with Crippen LogP contribution in [0.15, 0.2) is 17.5 Å². The van der Waals surface area contributed by atoms with Crippen LogP contribution >= 0.6 is 11.3 Å². The van der Waals surface area contributed by atoms with Crippen LogP contribution < -0.4 is 5.32 Å². The third-order valence-corrected chi connectivity index (χ3v) is 3.74. The van der Waals surface area contributed by atoms with Gasteiger partial charge in [0.25, 0.3) is 0 Å². The molecule has 1 aromatic rings. The Balaban J connectivity index is 2.64. The fraction of sp³-hybridized carbons (Fsp3) is 0.538. The summed E-state index contributed by atoms with van der Waals surface area (Å²) in [7, 11) is 0. The van der Waals surface area contributed by atoms with E-state index >= 15 is 0 Å². The van der Waals surface area contributed by atoms with E-state index in [9.17, 15) is 9.59 Å². The molecule has 2 N–H and O–H groups in total. The number of rotatable bonds is 6. The Bertz CT molecular complexity index is 400. The average molecular weight is 269 g/mol. The van der Waals surface area contributed by atoms with E-state index in [1.165, 1.54) is 11.3 Å².